The molecule has 2 rings (SSSR count). The molecule has 0 radical (unpaired) electrons. The second-order valence-electron chi connectivity index (χ2n) is 5.33. The van der Waals surface area contributed by atoms with Crippen LogP contribution in [0.4, 0.5) is 5.69 Å². The standard InChI is InChI=1S/C16H19N3O5/c1-9-4-6-13(23-3)12(8-9)17-15(21)10(2)24-16(22)11-5-7-14(20)19-18-11/h4,6,8,10H,5,7H2,1-3H3,(H,17,21)(H,19,20)/t10-/m1/s1. The molecule has 0 aliphatic carbocycles. The molecule has 128 valence electrons. The first kappa shape index (κ1) is 17.5. The number of nitrogens with zero attached hydrogens (tertiary/aromatic N) is 1. The third-order valence-corrected chi connectivity index (χ3v) is 3.41. The number of carbonyl (C=O) groups is 3. The largest absolute Gasteiger partial charge is 0.495 e. The van der Waals surface area contributed by atoms with Crippen molar-refractivity contribution in [2.75, 3.05) is 12.4 Å². The van der Waals surface area contributed by atoms with E-state index in [1.54, 1.807) is 12.1 Å². The highest BCUT2D eigenvalue weighted by Gasteiger charge is 2.24. The van der Waals surface area contributed by atoms with Gasteiger partial charge in [-0.05, 0) is 31.5 Å². The number of benzene rings is 1. The predicted molar refractivity (Wildman–Crippen MR) is 86.7 cm³/mol. The maximum absolute atomic E-state index is 12.2. The highest BCUT2D eigenvalue weighted by molar-refractivity contribution is 6.37. The molecule has 1 aliphatic heterocycles. The Balaban J connectivity index is 1.99. The van der Waals surface area contributed by atoms with Crippen LogP contribution in [0.1, 0.15) is 25.3 Å². The first-order valence-corrected chi connectivity index (χ1v) is 7.42. The summed E-state index contributed by atoms with van der Waals surface area (Å²) < 4.78 is 10.3. The molecule has 2 N–H and O–H groups in total. The average molecular weight is 333 g/mol. The third-order valence-electron chi connectivity index (χ3n) is 3.41. The summed E-state index contributed by atoms with van der Waals surface area (Å²) in [4.78, 5) is 35.2. The van der Waals surface area contributed by atoms with Gasteiger partial charge in [-0.25, -0.2) is 10.2 Å². The second-order valence-corrected chi connectivity index (χ2v) is 5.33. The fourth-order valence-corrected chi connectivity index (χ4v) is 2.06. The van der Waals surface area contributed by atoms with Crippen LogP contribution < -0.4 is 15.5 Å². The van der Waals surface area contributed by atoms with E-state index >= 15 is 0 Å². The molecule has 1 aromatic carbocycles. The van der Waals surface area contributed by atoms with E-state index < -0.39 is 18.0 Å². The average Bonchev–Trinajstić information content (AvgIpc) is 2.55. The molecule has 8 heteroatoms. The maximum Gasteiger partial charge on any atom is 0.355 e. The van der Waals surface area contributed by atoms with Crippen LogP contribution in [0.25, 0.3) is 0 Å². The van der Waals surface area contributed by atoms with Crippen LogP contribution in [0.15, 0.2) is 23.3 Å². The quantitative estimate of drug-likeness (QED) is 0.786. The van der Waals surface area contributed by atoms with Gasteiger partial charge in [0, 0.05) is 12.8 Å². The second kappa shape index (κ2) is 7.58. The van der Waals surface area contributed by atoms with Gasteiger partial charge in [-0.3, -0.25) is 9.59 Å². The van der Waals surface area contributed by atoms with E-state index in [2.05, 4.69) is 15.8 Å². The van der Waals surface area contributed by atoms with Crippen molar-refractivity contribution in [3.63, 3.8) is 0 Å². The zero-order valence-electron chi connectivity index (χ0n) is 13.7. The number of hydrazone groups is 1. The molecule has 0 bridgehead atoms. The lowest BCUT2D eigenvalue weighted by molar-refractivity contribution is -0.146. The third kappa shape index (κ3) is 4.31. The van der Waals surface area contributed by atoms with E-state index in [-0.39, 0.29) is 24.5 Å². The summed E-state index contributed by atoms with van der Waals surface area (Å²) >= 11 is 0. The first-order valence-electron chi connectivity index (χ1n) is 7.42. The molecule has 1 atom stereocenters. The minimum Gasteiger partial charge on any atom is -0.495 e. The van der Waals surface area contributed by atoms with E-state index in [0.717, 1.165) is 5.56 Å². The fourth-order valence-electron chi connectivity index (χ4n) is 2.06. The number of ether oxygens (including phenoxy) is 2. The number of anilines is 1. The Labute approximate surface area is 139 Å². The normalized spacial score (nSPS) is 15.0. The lowest BCUT2D eigenvalue weighted by Gasteiger charge is -2.17. The SMILES string of the molecule is COc1ccc(C)cc1NC(=O)[C@@H](C)OC(=O)C1=NNC(=O)CC1. The molecule has 0 saturated carbocycles. The number of hydrogen-bond acceptors (Lipinski definition) is 6. The minimum absolute atomic E-state index is 0.0855. The number of esters is 1. The van der Waals surface area contributed by atoms with Crippen molar-refractivity contribution in [2.45, 2.75) is 32.8 Å². The molecule has 24 heavy (non-hydrogen) atoms. The number of nitrogens with one attached hydrogen (secondary N) is 2. The Morgan fingerprint density at radius 3 is 2.71 bits per heavy atom. The Kier molecular flexibility index (Phi) is 5.51. The van der Waals surface area contributed by atoms with E-state index in [0.29, 0.717) is 11.4 Å². The first-order chi connectivity index (χ1) is 11.4. The molecule has 8 nitrogen and oxygen atoms in total. The van der Waals surface area contributed by atoms with E-state index in [4.69, 9.17) is 9.47 Å². The number of methoxy groups -OCH3 is 1. The van der Waals surface area contributed by atoms with E-state index in [1.807, 2.05) is 13.0 Å². The van der Waals surface area contributed by atoms with Gasteiger partial charge in [-0.1, -0.05) is 6.07 Å². The molecule has 0 spiro atoms. The summed E-state index contributed by atoms with van der Waals surface area (Å²) in [5.74, 6) is -0.975. The molecule has 0 saturated heterocycles. The van der Waals surface area contributed by atoms with Gasteiger partial charge in [-0.2, -0.15) is 5.10 Å². The lowest BCUT2D eigenvalue weighted by atomic mass is 10.2. The lowest BCUT2D eigenvalue weighted by Crippen LogP contribution is -2.35. The Bertz CT molecular complexity index is 699. The number of aryl methyl sites for hydroxylation is 1. The van der Waals surface area contributed by atoms with Gasteiger partial charge in [0.15, 0.2) is 6.10 Å². The molecule has 0 unspecified atom stereocenters. The van der Waals surface area contributed by atoms with Crippen LogP contribution >= 0.6 is 0 Å². The molecule has 0 aromatic heterocycles. The highest BCUT2D eigenvalue weighted by atomic mass is 16.5. The minimum atomic E-state index is -1.02. The summed E-state index contributed by atoms with van der Waals surface area (Å²) in [7, 11) is 1.50. The summed E-state index contributed by atoms with van der Waals surface area (Å²) in [6.45, 7) is 3.34. The van der Waals surface area contributed by atoms with Gasteiger partial charge in [0.05, 0.1) is 12.8 Å². The smallest absolute Gasteiger partial charge is 0.355 e. The monoisotopic (exact) mass is 333 g/mol. The van der Waals surface area contributed by atoms with E-state index in [9.17, 15) is 14.4 Å². The van der Waals surface area contributed by atoms with Crippen molar-refractivity contribution in [1.29, 1.82) is 0 Å². The molecular weight excluding hydrogens is 314 g/mol. The van der Waals surface area contributed by atoms with Crippen molar-refractivity contribution in [3.05, 3.63) is 23.8 Å². The fraction of sp³-hybridized carbons (Fsp3) is 0.375. The van der Waals surface area contributed by atoms with Gasteiger partial charge in [0.2, 0.25) is 5.91 Å². The van der Waals surface area contributed by atoms with Crippen molar-refractivity contribution in [2.24, 2.45) is 5.10 Å². The van der Waals surface area contributed by atoms with Gasteiger partial charge in [0.1, 0.15) is 11.5 Å². The highest BCUT2D eigenvalue weighted by Crippen LogP contribution is 2.25. The van der Waals surface area contributed by atoms with Crippen molar-refractivity contribution >= 4 is 29.2 Å². The summed E-state index contributed by atoms with van der Waals surface area (Å²) in [5, 5.41) is 6.30. The molecular formula is C16H19N3O5. The Hall–Kier alpha value is -2.90. The predicted octanol–water partition coefficient (Wildman–Crippen LogP) is 1.14. The van der Waals surface area contributed by atoms with Gasteiger partial charge in [-0.15, -0.1) is 0 Å². The van der Waals surface area contributed by atoms with Gasteiger partial charge < -0.3 is 14.8 Å². The van der Waals surface area contributed by atoms with Crippen LogP contribution in [-0.2, 0) is 19.1 Å². The summed E-state index contributed by atoms with van der Waals surface area (Å²) in [5.41, 5.74) is 3.73. The summed E-state index contributed by atoms with van der Waals surface area (Å²) in [6, 6.07) is 5.35. The molecule has 0 fully saturated rings. The topological polar surface area (TPSA) is 106 Å². The van der Waals surface area contributed by atoms with Crippen LogP contribution in [0.3, 0.4) is 0 Å². The van der Waals surface area contributed by atoms with Crippen molar-refractivity contribution in [1.82, 2.24) is 5.43 Å². The van der Waals surface area contributed by atoms with Gasteiger partial charge in [0.25, 0.3) is 5.91 Å². The number of amides is 2. The molecule has 2 amide bonds. The number of rotatable bonds is 5. The number of hydrogen-bond donors (Lipinski definition) is 2. The Morgan fingerprint density at radius 2 is 2.08 bits per heavy atom. The van der Waals surface area contributed by atoms with Crippen LogP contribution in [0.2, 0.25) is 0 Å². The van der Waals surface area contributed by atoms with Crippen molar-refractivity contribution in [3.8, 4) is 5.75 Å². The zero-order valence-corrected chi connectivity index (χ0v) is 13.7. The summed E-state index contributed by atoms with van der Waals surface area (Å²) in [6.07, 6.45) is -0.678. The molecule has 1 aromatic rings. The van der Waals surface area contributed by atoms with Crippen LogP contribution in [-0.4, -0.2) is 36.7 Å². The van der Waals surface area contributed by atoms with Crippen molar-refractivity contribution < 1.29 is 23.9 Å². The van der Waals surface area contributed by atoms with Crippen LogP contribution in [0, 0.1) is 6.92 Å². The zero-order chi connectivity index (χ0) is 17.7. The van der Waals surface area contributed by atoms with E-state index in [1.165, 1.54) is 14.0 Å². The van der Waals surface area contributed by atoms with Gasteiger partial charge >= 0.3 is 5.97 Å². The number of carbonyl (C=O) groups excluding carboxylic acids is 3. The van der Waals surface area contributed by atoms with Crippen LogP contribution in [0.5, 0.6) is 5.75 Å². The molecule has 1 heterocycles. The molecule has 1 aliphatic rings. The Morgan fingerprint density at radius 1 is 1.33 bits per heavy atom. The maximum atomic E-state index is 12.2.